The molecule has 1 aliphatic rings. The highest BCUT2D eigenvalue weighted by molar-refractivity contribution is 6.33. The van der Waals surface area contributed by atoms with E-state index in [9.17, 15) is 18.0 Å². The predicted molar refractivity (Wildman–Crippen MR) is 37.3 cm³/mol. The Morgan fingerprint density at radius 2 is 2.08 bits per heavy atom. The second kappa shape index (κ2) is 2.90. The summed E-state index contributed by atoms with van der Waals surface area (Å²) in [5, 5.41) is -1.30. The van der Waals surface area contributed by atoms with Crippen molar-refractivity contribution in [2.75, 3.05) is 0 Å². The molecule has 1 heterocycles. The number of hydrogen-bond donors (Lipinski definition) is 0. The fourth-order valence-corrected chi connectivity index (χ4v) is 0.836. The minimum atomic E-state index is -4.49. The number of carbonyl (C=O) groups excluding carboxylic acids is 1. The molecule has 0 unspecified atom stereocenters. The van der Waals surface area contributed by atoms with Crippen LogP contribution in [0, 0.1) is 0 Å². The van der Waals surface area contributed by atoms with Gasteiger partial charge >= 0.3 is 6.18 Å². The Bertz CT molecular complexity index is 268. The normalized spacial score (nSPS) is 24.2. The molecular formula is C6H3ClF3NO. The molecular weight excluding hydrogens is 195 g/mol. The van der Waals surface area contributed by atoms with Crippen molar-refractivity contribution in [3.63, 3.8) is 0 Å². The Balaban J connectivity index is 2.91. The van der Waals surface area contributed by atoms with Crippen LogP contribution in [0.5, 0.6) is 0 Å². The molecule has 0 aromatic carbocycles. The van der Waals surface area contributed by atoms with E-state index >= 15 is 0 Å². The summed E-state index contributed by atoms with van der Waals surface area (Å²) >= 11 is 5.23. The van der Waals surface area contributed by atoms with Gasteiger partial charge in [-0.25, -0.2) is 4.99 Å². The number of halogens is 4. The van der Waals surface area contributed by atoms with Crippen LogP contribution in [0.1, 0.15) is 0 Å². The highest BCUT2D eigenvalue weighted by Crippen LogP contribution is 2.27. The van der Waals surface area contributed by atoms with Gasteiger partial charge in [-0.2, -0.15) is 13.2 Å². The van der Waals surface area contributed by atoms with Crippen molar-refractivity contribution in [3.8, 4) is 0 Å². The molecule has 12 heavy (non-hydrogen) atoms. The van der Waals surface area contributed by atoms with Crippen molar-refractivity contribution >= 4 is 23.7 Å². The largest absolute Gasteiger partial charge is 0.417 e. The van der Waals surface area contributed by atoms with Gasteiger partial charge in [0.25, 0.3) is 5.91 Å². The summed E-state index contributed by atoms with van der Waals surface area (Å²) < 4.78 is 35.7. The van der Waals surface area contributed by atoms with Gasteiger partial charge in [-0.3, -0.25) is 4.79 Å². The first kappa shape index (κ1) is 9.25. The standard InChI is InChI=1S/C6H3ClF3NO/c7-4-1-3(6(8,9)10)2-11-5(4)12/h1-2,4H/t4-/m0/s1. The number of dihydropyridines is 1. The molecule has 0 radical (unpaired) electrons. The molecule has 0 spiro atoms. The number of allylic oxidation sites excluding steroid dienone is 1. The van der Waals surface area contributed by atoms with Crippen molar-refractivity contribution in [2.24, 2.45) is 4.99 Å². The van der Waals surface area contributed by atoms with E-state index in [4.69, 9.17) is 11.6 Å². The maximum absolute atomic E-state index is 11.9. The third-order valence-electron chi connectivity index (χ3n) is 1.22. The van der Waals surface area contributed by atoms with Gasteiger partial charge in [-0.15, -0.1) is 11.6 Å². The van der Waals surface area contributed by atoms with E-state index in [-0.39, 0.29) is 0 Å². The van der Waals surface area contributed by atoms with E-state index in [2.05, 4.69) is 4.99 Å². The lowest BCUT2D eigenvalue weighted by molar-refractivity contribution is -0.117. The SMILES string of the molecule is O=C1N=CC(C(F)(F)F)=C[C@@H]1Cl. The zero-order chi connectivity index (χ0) is 9.35. The molecule has 2 nitrogen and oxygen atoms in total. The Labute approximate surface area is 70.7 Å². The number of alkyl halides is 4. The molecule has 6 heteroatoms. The monoisotopic (exact) mass is 197 g/mol. The van der Waals surface area contributed by atoms with E-state index in [0.29, 0.717) is 12.3 Å². The topological polar surface area (TPSA) is 29.4 Å². The summed E-state index contributed by atoms with van der Waals surface area (Å²) in [5.74, 6) is -0.773. The second-order valence-electron chi connectivity index (χ2n) is 2.12. The second-order valence-corrected chi connectivity index (χ2v) is 2.59. The molecule has 0 fully saturated rings. The summed E-state index contributed by atoms with van der Waals surface area (Å²) in [6.45, 7) is 0. The third kappa shape index (κ3) is 1.85. The van der Waals surface area contributed by atoms with Crippen LogP contribution >= 0.6 is 11.6 Å². The van der Waals surface area contributed by atoms with Crippen molar-refractivity contribution in [3.05, 3.63) is 11.6 Å². The van der Waals surface area contributed by atoms with Crippen molar-refractivity contribution in [2.45, 2.75) is 11.6 Å². The number of hydrogen-bond acceptors (Lipinski definition) is 1. The molecule has 66 valence electrons. The van der Waals surface area contributed by atoms with Gasteiger partial charge in [-0.1, -0.05) is 0 Å². The van der Waals surface area contributed by atoms with Crippen LogP contribution in [0.3, 0.4) is 0 Å². The lowest BCUT2D eigenvalue weighted by Crippen LogP contribution is -2.22. The van der Waals surface area contributed by atoms with Crippen molar-refractivity contribution in [1.29, 1.82) is 0 Å². The Kier molecular flexibility index (Phi) is 2.23. The maximum atomic E-state index is 11.9. The average Bonchev–Trinajstić information content (AvgIpc) is 1.92. The van der Waals surface area contributed by atoms with Crippen molar-refractivity contribution in [1.82, 2.24) is 0 Å². The summed E-state index contributed by atoms with van der Waals surface area (Å²) in [5.41, 5.74) is -0.984. The molecule has 0 saturated carbocycles. The number of aliphatic imine (C=N–C) groups is 1. The fraction of sp³-hybridized carbons (Fsp3) is 0.333. The van der Waals surface area contributed by atoms with Crippen LogP contribution in [-0.2, 0) is 4.79 Å². The van der Waals surface area contributed by atoms with Gasteiger partial charge in [0.15, 0.2) is 0 Å². The molecule has 0 aromatic rings. The van der Waals surface area contributed by atoms with Crippen LogP contribution in [0.25, 0.3) is 0 Å². The van der Waals surface area contributed by atoms with Gasteiger partial charge in [0.2, 0.25) is 0 Å². The van der Waals surface area contributed by atoms with Crippen molar-refractivity contribution < 1.29 is 18.0 Å². The third-order valence-corrected chi connectivity index (χ3v) is 1.53. The Morgan fingerprint density at radius 1 is 1.50 bits per heavy atom. The molecule has 1 amide bonds. The van der Waals surface area contributed by atoms with Crippen LogP contribution in [0.15, 0.2) is 16.6 Å². The van der Waals surface area contributed by atoms with E-state index < -0.39 is 23.0 Å². The lowest BCUT2D eigenvalue weighted by Gasteiger charge is -2.11. The highest BCUT2D eigenvalue weighted by atomic mass is 35.5. The predicted octanol–water partition coefficient (Wildman–Crippen LogP) is 1.69. The van der Waals surface area contributed by atoms with E-state index in [1.165, 1.54) is 0 Å². The summed E-state index contributed by atoms with van der Waals surface area (Å²) in [7, 11) is 0. The molecule has 0 bridgehead atoms. The molecule has 0 N–H and O–H groups in total. The minimum Gasteiger partial charge on any atom is -0.271 e. The first-order valence-electron chi connectivity index (χ1n) is 2.92. The molecule has 1 rings (SSSR count). The summed E-state index contributed by atoms with van der Waals surface area (Å²) in [4.78, 5) is 13.5. The number of rotatable bonds is 0. The number of amides is 1. The fourth-order valence-electron chi connectivity index (χ4n) is 0.644. The van der Waals surface area contributed by atoms with Gasteiger partial charge < -0.3 is 0 Å². The zero-order valence-electron chi connectivity index (χ0n) is 5.60. The molecule has 0 aliphatic carbocycles. The van der Waals surface area contributed by atoms with E-state index in [1.807, 2.05) is 0 Å². The number of nitrogens with zero attached hydrogens (tertiary/aromatic N) is 1. The first-order chi connectivity index (χ1) is 5.41. The van der Waals surface area contributed by atoms with Crippen LogP contribution in [-0.4, -0.2) is 23.7 Å². The Morgan fingerprint density at radius 3 is 2.50 bits per heavy atom. The van der Waals surface area contributed by atoms with Gasteiger partial charge in [0.1, 0.15) is 5.38 Å². The average molecular weight is 198 g/mol. The van der Waals surface area contributed by atoms with Crippen LogP contribution < -0.4 is 0 Å². The van der Waals surface area contributed by atoms with Gasteiger partial charge in [-0.05, 0) is 6.08 Å². The highest BCUT2D eigenvalue weighted by Gasteiger charge is 2.35. The maximum Gasteiger partial charge on any atom is 0.417 e. The Hall–Kier alpha value is -0.840. The van der Waals surface area contributed by atoms with Crippen LogP contribution in [0.4, 0.5) is 13.2 Å². The van der Waals surface area contributed by atoms with Gasteiger partial charge in [0.05, 0.1) is 5.57 Å². The first-order valence-corrected chi connectivity index (χ1v) is 3.36. The summed E-state index contributed by atoms with van der Waals surface area (Å²) in [6, 6.07) is 0. The minimum absolute atomic E-state index is 0.473. The van der Waals surface area contributed by atoms with Crippen LogP contribution in [0.2, 0.25) is 0 Å². The zero-order valence-corrected chi connectivity index (χ0v) is 6.36. The smallest absolute Gasteiger partial charge is 0.271 e. The molecule has 1 atom stereocenters. The lowest BCUT2D eigenvalue weighted by atomic mass is 10.2. The molecule has 0 saturated heterocycles. The quantitative estimate of drug-likeness (QED) is 0.544. The number of carbonyl (C=O) groups is 1. The molecule has 0 aromatic heterocycles. The molecule has 1 aliphatic heterocycles. The van der Waals surface area contributed by atoms with E-state index in [0.717, 1.165) is 0 Å². The summed E-state index contributed by atoms with van der Waals surface area (Å²) in [6.07, 6.45) is -3.38. The van der Waals surface area contributed by atoms with Gasteiger partial charge in [0, 0.05) is 6.21 Å². The van der Waals surface area contributed by atoms with E-state index in [1.54, 1.807) is 0 Å².